The zero-order valence-corrected chi connectivity index (χ0v) is 11.4. The van der Waals surface area contributed by atoms with E-state index in [9.17, 15) is 4.79 Å². The molecule has 2 N–H and O–H groups in total. The van der Waals surface area contributed by atoms with E-state index >= 15 is 0 Å². The van der Waals surface area contributed by atoms with Gasteiger partial charge >= 0.3 is 0 Å². The maximum absolute atomic E-state index is 11.5. The lowest BCUT2D eigenvalue weighted by Gasteiger charge is -2.10. The zero-order valence-electron chi connectivity index (χ0n) is 9.83. The largest absolute Gasteiger partial charge is 0.495 e. The van der Waals surface area contributed by atoms with Gasteiger partial charge in [0.05, 0.1) is 12.1 Å². The molecule has 0 radical (unpaired) electrons. The standard InChI is InChI=1S/C12H13ClN2O2S/c1-17-10-5-4-8(6-9(10)13)14-12(18)15-11(16)7-2-3-7/h4-7H,2-3H2,1H3,(H2,14,15,16,18). The second-order valence-electron chi connectivity index (χ2n) is 4.07. The first-order valence-corrected chi connectivity index (χ1v) is 6.34. The van der Waals surface area contributed by atoms with Crippen molar-refractivity contribution >= 4 is 40.5 Å². The molecule has 0 spiro atoms. The number of benzene rings is 1. The van der Waals surface area contributed by atoms with Crippen LogP contribution in [-0.2, 0) is 4.79 Å². The van der Waals surface area contributed by atoms with Crippen LogP contribution in [0.3, 0.4) is 0 Å². The Bertz CT molecular complexity index is 489. The highest BCUT2D eigenvalue weighted by Gasteiger charge is 2.29. The van der Waals surface area contributed by atoms with E-state index in [1.807, 2.05) is 0 Å². The topological polar surface area (TPSA) is 50.4 Å². The van der Waals surface area contributed by atoms with Crippen molar-refractivity contribution in [2.75, 3.05) is 12.4 Å². The van der Waals surface area contributed by atoms with Gasteiger partial charge in [-0.3, -0.25) is 4.79 Å². The van der Waals surface area contributed by atoms with Crippen LogP contribution in [0.25, 0.3) is 0 Å². The van der Waals surface area contributed by atoms with Crippen molar-refractivity contribution in [3.05, 3.63) is 23.2 Å². The van der Waals surface area contributed by atoms with Gasteiger partial charge in [-0.1, -0.05) is 11.6 Å². The van der Waals surface area contributed by atoms with Crippen molar-refractivity contribution in [1.29, 1.82) is 0 Å². The monoisotopic (exact) mass is 284 g/mol. The Kier molecular flexibility index (Phi) is 4.04. The van der Waals surface area contributed by atoms with Gasteiger partial charge in [-0.2, -0.15) is 0 Å². The third kappa shape index (κ3) is 3.34. The molecular formula is C12H13ClN2O2S. The number of amides is 1. The highest BCUT2D eigenvalue weighted by molar-refractivity contribution is 7.80. The summed E-state index contributed by atoms with van der Waals surface area (Å²) in [6.45, 7) is 0. The van der Waals surface area contributed by atoms with Crippen molar-refractivity contribution in [2.24, 2.45) is 5.92 Å². The Morgan fingerprint density at radius 2 is 2.22 bits per heavy atom. The number of methoxy groups -OCH3 is 1. The molecule has 2 rings (SSSR count). The van der Waals surface area contributed by atoms with Gasteiger partial charge in [0.25, 0.3) is 0 Å². The number of rotatable bonds is 3. The smallest absolute Gasteiger partial charge is 0.229 e. The summed E-state index contributed by atoms with van der Waals surface area (Å²) >= 11 is 11.0. The van der Waals surface area contributed by atoms with Crippen molar-refractivity contribution in [3.8, 4) is 5.75 Å². The van der Waals surface area contributed by atoms with E-state index < -0.39 is 0 Å². The molecule has 96 valence electrons. The third-order valence-electron chi connectivity index (χ3n) is 2.59. The molecule has 1 aliphatic rings. The minimum atomic E-state index is -0.0212. The minimum absolute atomic E-state index is 0.0212. The molecular weight excluding hydrogens is 272 g/mol. The van der Waals surface area contributed by atoms with Gasteiger partial charge in [0.2, 0.25) is 5.91 Å². The fourth-order valence-electron chi connectivity index (χ4n) is 1.47. The Morgan fingerprint density at radius 1 is 1.50 bits per heavy atom. The summed E-state index contributed by atoms with van der Waals surface area (Å²) in [5.74, 6) is 0.700. The Labute approximate surface area is 116 Å². The first kappa shape index (κ1) is 13.1. The van der Waals surface area contributed by atoms with Crippen molar-refractivity contribution in [2.45, 2.75) is 12.8 Å². The molecule has 1 fully saturated rings. The molecule has 0 aliphatic heterocycles. The number of nitrogens with one attached hydrogen (secondary N) is 2. The number of hydrogen-bond acceptors (Lipinski definition) is 3. The molecule has 18 heavy (non-hydrogen) atoms. The molecule has 1 aliphatic carbocycles. The van der Waals surface area contributed by atoms with E-state index in [-0.39, 0.29) is 16.9 Å². The number of thiocarbonyl (C=S) groups is 1. The molecule has 0 saturated heterocycles. The average molecular weight is 285 g/mol. The summed E-state index contributed by atoms with van der Waals surface area (Å²) in [5.41, 5.74) is 0.710. The molecule has 0 aromatic heterocycles. The van der Waals surface area contributed by atoms with Crippen LogP contribution in [0.5, 0.6) is 5.75 Å². The second-order valence-corrected chi connectivity index (χ2v) is 4.88. The highest BCUT2D eigenvalue weighted by Crippen LogP contribution is 2.29. The van der Waals surface area contributed by atoms with Gasteiger partial charge in [-0.25, -0.2) is 0 Å². The lowest BCUT2D eigenvalue weighted by molar-refractivity contribution is -0.120. The minimum Gasteiger partial charge on any atom is -0.495 e. The third-order valence-corrected chi connectivity index (χ3v) is 3.09. The van der Waals surface area contributed by atoms with Gasteiger partial charge in [-0.05, 0) is 43.3 Å². The first-order chi connectivity index (χ1) is 8.60. The van der Waals surface area contributed by atoms with Crippen LogP contribution < -0.4 is 15.4 Å². The van der Waals surface area contributed by atoms with Crippen LogP contribution in [0, 0.1) is 5.92 Å². The van der Waals surface area contributed by atoms with Gasteiger partial charge in [0, 0.05) is 11.6 Å². The molecule has 0 heterocycles. The summed E-state index contributed by atoms with van der Waals surface area (Å²) in [7, 11) is 1.55. The predicted molar refractivity (Wildman–Crippen MR) is 75.1 cm³/mol. The highest BCUT2D eigenvalue weighted by atomic mass is 35.5. The van der Waals surface area contributed by atoms with Crippen LogP contribution in [-0.4, -0.2) is 18.1 Å². The number of halogens is 1. The molecule has 0 bridgehead atoms. The lowest BCUT2D eigenvalue weighted by Crippen LogP contribution is -2.35. The normalized spacial score (nSPS) is 13.9. The summed E-state index contributed by atoms with van der Waals surface area (Å²) in [6.07, 6.45) is 1.89. The second kappa shape index (κ2) is 5.54. The SMILES string of the molecule is COc1ccc(NC(=S)NC(=O)C2CC2)cc1Cl. The Balaban J connectivity index is 1.93. The summed E-state index contributed by atoms with van der Waals surface area (Å²) < 4.78 is 5.05. The van der Waals surface area contributed by atoms with Crippen LogP contribution in [0.15, 0.2) is 18.2 Å². The lowest BCUT2D eigenvalue weighted by atomic mass is 10.3. The summed E-state index contributed by atoms with van der Waals surface area (Å²) in [6, 6.07) is 5.20. The molecule has 1 aromatic rings. The molecule has 6 heteroatoms. The van der Waals surface area contributed by atoms with E-state index in [4.69, 9.17) is 28.6 Å². The zero-order chi connectivity index (χ0) is 13.1. The van der Waals surface area contributed by atoms with Crippen molar-refractivity contribution < 1.29 is 9.53 Å². The van der Waals surface area contributed by atoms with Gasteiger partial charge < -0.3 is 15.4 Å². The first-order valence-electron chi connectivity index (χ1n) is 5.55. The van der Waals surface area contributed by atoms with Crippen molar-refractivity contribution in [3.63, 3.8) is 0 Å². The maximum Gasteiger partial charge on any atom is 0.229 e. The van der Waals surface area contributed by atoms with Crippen molar-refractivity contribution in [1.82, 2.24) is 5.32 Å². The Morgan fingerprint density at radius 3 is 2.78 bits per heavy atom. The van der Waals surface area contributed by atoms with E-state index in [1.54, 1.807) is 25.3 Å². The molecule has 1 aromatic carbocycles. The average Bonchev–Trinajstić information content (AvgIpc) is 3.12. The molecule has 0 unspecified atom stereocenters. The van der Waals surface area contributed by atoms with Gasteiger partial charge in [-0.15, -0.1) is 0 Å². The van der Waals surface area contributed by atoms with Crippen LogP contribution in [0.2, 0.25) is 5.02 Å². The number of ether oxygens (including phenoxy) is 1. The predicted octanol–water partition coefficient (Wildman–Crippen LogP) is 2.57. The van der Waals surface area contributed by atoms with E-state index in [0.717, 1.165) is 12.8 Å². The van der Waals surface area contributed by atoms with Crippen LogP contribution in [0.4, 0.5) is 5.69 Å². The fraction of sp³-hybridized carbons (Fsp3) is 0.333. The Hall–Kier alpha value is -1.33. The van der Waals surface area contributed by atoms with Gasteiger partial charge in [0.1, 0.15) is 5.75 Å². The summed E-state index contributed by atoms with van der Waals surface area (Å²) in [5, 5.41) is 6.32. The molecule has 4 nitrogen and oxygen atoms in total. The van der Waals surface area contributed by atoms with E-state index in [2.05, 4.69) is 10.6 Å². The number of carbonyl (C=O) groups excluding carboxylic acids is 1. The molecule has 1 amide bonds. The number of hydrogen-bond donors (Lipinski definition) is 2. The van der Waals surface area contributed by atoms with Gasteiger partial charge in [0.15, 0.2) is 5.11 Å². The summed E-state index contributed by atoms with van der Waals surface area (Å²) in [4.78, 5) is 11.5. The van der Waals surface area contributed by atoms with E-state index in [1.165, 1.54) is 0 Å². The number of anilines is 1. The maximum atomic E-state index is 11.5. The van der Waals surface area contributed by atoms with Crippen LogP contribution >= 0.6 is 23.8 Å². The quantitative estimate of drug-likeness (QED) is 0.838. The molecule has 1 saturated carbocycles. The molecule has 0 atom stereocenters. The fourth-order valence-corrected chi connectivity index (χ4v) is 1.94. The number of carbonyl (C=O) groups is 1. The van der Waals surface area contributed by atoms with Crippen LogP contribution in [0.1, 0.15) is 12.8 Å². The van der Waals surface area contributed by atoms with E-state index in [0.29, 0.717) is 16.5 Å².